The number of hydrogen-bond donors (Lipinski definition) is 0. The summed E-state index contributed by atoms with van der Waals surface area (Å²) >= 11 is 6.10. The Morgan fingerprint density at radius 2 is 1.64 bits per heavy atom. The molecule has 2 aliphatic rings. The first kappa shape index (κ1) is 19.0. The van der Waals surface area contributed by atoms with Crippen LogP contribution in [0.5, 0.6) is 0 Å². The highest BCUT2D eigenvalue weighted by Crippen LogP contribution is 2.21. The Balaban J connectivity index is 1.23. The van der Waals surface area contributed by atoms with Gasteiger partial charge in [-0.3, -0.25) is 9.69 Å². The van der Waals surface area contributed by atoms with Crippen molar-refractivity contribution in [3.8, 4) is 0 Å². The molecule has 2 aromatic rings. The minimum absolute atomic E-state index is 0.233. The summed E-state index contributed by atoms with van der Waals surface area (Å²) in [5.74, 6) is 1.25. The molecule has 148 valence electrons. The Hall–Kier alpha value is -2.31. The number of carbonyl (C=O) groups is 1. The summed E-state index contributed by atoms with van der Waals surface area (Å²) in [5, 5.41) is 0.751. The molecule has 28 heavy (non-hydrogen) atoms. The summed E-state index contributed by atoms with van der Waals surface area (Å²) in [6.45, 7) is 7.33. The van der Waals surface area contributed by atoms with Crippen LogP contribution in [0, 0.1) is 0 Å². The second-order valence-electron chi connectivity index (χ2n) is 7.30. The van der Waals surface area contributed by atoms with Crippen molar-refractivity contribution in [3.05, 3.63) is 53.7 Å². The number of piperazine rings is 2. The van der Waals surface area contributed by atoms with Crippen molar-refractivity contribution < 1.29 is 4.79 Å². The molecule has 0 bridgehead atoms. The van der Waals surface area contributed by atoms with E-state index in [0.717, 1.165) is 68.9 Å². The van der Waals surface area contributed by atoms with Gasteiger partial charge >= 0.3 is 0 Å². The number of halogens is 1. The number of anilines is 2. The molecule has 2 saturated heterocycles. The predicted octanol–water partition coefficient (Wildman–Crippen LogP) is 2.21. The van der Waals surface area contributed by atoms with Crippen LogP contribution in [0.15, 0.2) is 48.7 Å². The Bertz CT molecular complexity index is 786. The van der Waals surface area contributed by atoms with Gasteiger partial charge < -0.3 is 14.7 Å². The average molecular weight is 400 g/mol. The zero-order chi connectivity index (χ0) is 19.3. The van der Waals surface area contributed by atoms with E-state index in [4.69, 9.17) is 11.6 Å². The predicted molar refractivity (Wildman–Crippen MR) is 113 cm³/mol. The van der Waals surface area contributed by atoms with Crippen molar-refractivity contribution >= 4 is 29.0 Å². The Kier molecular flexibility index (Phi) is 5.98. The maximum Gasteiger partial charge on any atom is 0.236 e. The summed E-state index contributed by atoms with van der Waals surface area (Å²) in [4.78, 5) is 26.0. The molecule has 6 nitrogen and oxygen atoms in total. The summed E-state index contributed by atoms with van der Waals surface area (Å²) in [7, 11) is 0. The molecular formula is C21H26ClN5O. The van der Waals surface area contributed by atoms with Crippen LogP contribution in [0.25, 0.3) is 0 Å². The fourth-order valence-electron chi connectivity index (χ4n) is 3.85. The molecule has 7 heteroatoms. The summed E-state index contributed by atoms with van der Waals surface area (Å²) in [6, 6.07) is 13.9. The van der Waals surface area contributed by atoms with Crippen LogP contribution in [0.4, 0.5) is 11.5 Å². The lowest BCUT2D eigenvalue weighted by molar-refractivity contribution is -0.132. The number of carbonyl (C=O) groups excluding carboxylic acids is 1. The first-order valence-corrected chi connectivity index (χ1v) is 10.2. The third-order valence-corrected chi connectivity index (χ3v) is 5.75. The highest BCUT2D eigenvalue weighted by molar-refractivity contribution is 6.30. The average Bonchev–Trinajstić information content (AvgIpc) is 2.75. The Morgan fingerprint density at radius 1 is 0.893 bits per heavy atom. The molecule has 1 aromatic heterocycles. The van der Waals surface area contributed by atoms with Gasteiger partial charge in [0.2, 0.25) is 5.91 Å². The SMILES string of the molecule is O=C(CN1CCN(c2ccccn2)CC1)N1CCN(c2cccc(Cl)c2)CC1. The molecule has 0 aliphatic carbocycles. The minimum Gasteiger partial charge on any atom is -0.368 e. The third kappa shape index (κ3) is 4.56. The van der Waals surface area contributed by atoms with E-state index in [0.29, 0.717) is 6.54 Å². The monoisotopic (exact) mass is 399 g/mol. The van der Waals surface area contributed by atoms with Gasteiger partial charge in [-0.15, -0.1) is 0 Å². The molecule has 0 unspecified atom stereocenters. The zero-order valence-electron chi connectivity index (χ0n) is 16.0. The van der Waals surface area contributed by atoms with Crippen molar-refractivity contribution in [1.29, 1.82) is 0 Å². The first-order chi connectivity index (χ1) is 13.7. The zero-order valence-corrected chi connectivity index (χ0v) is 16.8. The second-order valence-corrected chi connectivity index (χ2v) is 7.74. The van der Waals surface area contributed by atoms with Crippen LogP contribution in [0.2, 0.25) is 5.02 Å². The molecule has 0 N–H and O–H groups in total. The first-order valence-electron chi connectivity index (χ1n) is 9.86. The molecule has 0 spiro atoms. The highest BCUT2D eigenvalue weighted by atomic mass is 35.5. The van der Waals surface area contributed by atoms with Gasteiger partial charge in [0, 0.05) is 69.3 Å². The standard InChI is InChI=1S/C21H26ClN5O/c22-18-4-3-5-19(16-18)25-12-14-27(15-13-25)21(28)17-24-8-10-26(11-9-24)20-6-1-2-7-23-20/h1-7,16H,8-15,17H2. The van der Waals surface area contributed by atoms with Crippen molar-refractivity contribution in [3.63, 3.8) is 0 Å². The highest BCUT2D eigenvalue weighted by Gasteiger charge is 2.25. The molecule has 2 aliphatic heterocycles. The van der Waals surface area contributed by atoms with Crippen LogP contribution in [0.1, 0.15) is 0 Å². The lowest BCUT2D eigenvalue weighted by atomic mass is 10.2. The van der Waals surface area contributed by atoms with E-state index < -0.39 is 0 Å². The quantitative estimate of drug-likeness (QED) is 0.788. The lowest BCUT2D eigenvalue weighted by Gasteiger charge is -2.39. The molecule has 0 saturated carbocycles. The summed E-state index contributed by atoms with van der Waals surface area (Å²) in [6.07, 6.45) is 1.83. The summed E-state index contributed by atoms with van der Waals surface area (Å²) < 4.78 is 0. The number of pyridine rings is 1. The Morgan fingerprint density at radius 3 is 2.32 bits per heavy atom. The van der Waals surface area contributed by atoms with E-state index in [1.807, 2.05) is 47.5 Å². The van der Waals surface area contributed by atoms with E-state index >= 15 is 0 Å². The van der Waals surface area contributed by atoms with Crippen molar-refractivity contribution in [1.82, 2.24) is 14.8 Å². The lowest BCUT2D eigenvalue weighted by Crippen LogP contribution is -2.54. The minimum atomic E-state index is 0.233. The van der Waals surface area contributed by atoms with Gasteiger partial charge in [-0.2, -0.15) is 0 Å². The fraction of sp³-hybridized carbons (Fsp3) is 0.429. The van der Waals surface area contributed by atoms with Crippen molar-refractivity contribution in [2.24, 2.45) is 0 Å². The number of benzene rings is 1. The molecule has 4 rings (SSSR count). The maximum atomic E-state index is 12.7. The maximum absolute atomic E-state index is 12.7. The summed E-state index contributed by atoms with van der Waals surface area (Å²) in [5.41, 5.74) is 1.13. The van der Waals surface area contributed by atoms with Gasteiger partial charge in [-0.05, 0) is 30.3 Å². The van der Waals surface area contributed by atoms with Gasteiger partial charge in [0.15, 0.2) is 0 Å². The largest absolute Gasteiger partial charge is 0.368 e. The second kappa shape index (κ2) is 8.80. The van der Waals surface area contributed by atoms with Crippen molar-refractivity contribution in [2.45, 2.75) is 0 Å². The number of nitrogens with zero attached hydrogens (tertiary/aromatic N) is 5. The molecule has 1 aromatic carbocycles. The Labute approximate surface area is 171 Å². The number of hydrogen-bond acceptors (Lipinski definition) is 5. The van der Waals surface area contributed by atoms with Gasteiger partial charge in [-0.1, -0.05) is 23.7 Å². The van der Waals surface area contributed by atoms with Gasteiger partial charge in [0.25, 0.3) is 0 Å². The molecule has 0 radical (unpaired) electrons. The molecular weight excluding hydrogens is 374 g/mol. The van der Waals surface area contributed by atoms with Crippen LogP contribution in [0.3, 0.4) is 0 Å². The smallest absolute Gasteiger partial charge is 0.236 e. The molecule has 2 fully saturated rings. The molecule has 0 atom stereocenters. The van der Waals surface area contributed by atoms with Crippen LogP contribution >= 0.6 is 11.6 Å². The van der Waals surface area contributed by atoms with Crippen LogP contribution in [-0.2, 0) is 4.79 Å². The van der Waals surface area contributed by atoms with Crippen LogP contribution < -0.4 is 9.80 Å². The number of rotatable bonds is 4. The van der Waals surface area contributed by atoms with Crippen LogP contribution in [-0.4, -0.2) is 79.6 Å². The van der Waals surface area contributed by atoms with Gasteiger partial charge in [0.05, 0.1) is 6.54 Å². The van der Waals surface area contributed by atoms with Gasteiger partial charge in [0.1, 0.15) is 5.82 Å². The van der Waals surface area contributed by atoms with E-state index in [2.05, 4.69) is 25.8 Å². The topological polar surface area (TPSA) is 42.9 Å². The van der Waals surface area contributed by atoms with Gasteiger partial charge in [-0.25, -0.2) is 4.98 Å². The van der Waals surface area contributed by atoms with E-state index in [-0.39, 0.29) is 5.91 Å². The van der Waals surface area contributed by atoms with E-state index in [9.17, 15) is 4.79 Å². The van der Waals surface area contributed by atoms with E-state index in [1.165, 1.54) is 0 Å². The fourth-order valence-corrected chi connectivity index (χ4v) is 4.04. The van der Waals surface area contributed by atoms with E-state index in [1.54, 1.807) is 0 Å². The molecule has 3 heterocycles. The number of aromatic nitrogens is 1. The third-order valence-electron chi connectivity index (χ3n) is 5.51. The molecule has 1 amide bonds. The number of amides is 1. The van der Waals surface area contributed by atoms with Crippen molar-refractivity contribution in [2.75, 3.05) is 68.7 Å². The normalized spacial score (nSPS) is 18.4.